The molecule has 0 fully saturated rings. The van der Waals surface area contributed by atoms with Crippen molar-refractivity contribution in [3.8, 4) is 11.1 Å². The van der Waals surface area contributed by atoms with Crippen molar-refractivity contribution in [1.82, 2.24) is 0 Å². The standard InChI is InChI=1S/C32H34O8/c1-19(2)29(33)37-15-23-9-11-27(25(13-23)17-39-31(35)21(5)6)28-12-10-24(16-38-30(34)20(3)4)14-26(28)18-40-32(36)22(7)8/h9-14H,1,3,5,7,15-18H2,2,4,6,8H3. The van der Waals surface area contributed by atoms with Gasteiger partial charge in [-0.05, 0) is 73.2 Å². The zero-order valence-corrected chi connectivity index (χ0v) is 23.4. The van der Waals surface area contributed by atoms with Crippen LogP contribution in [-0.2, 0) is 64.6 Å². The molecule has 0 aliphatic rings. The van der Waals surface area contributed by atoms with Gasteiger partial charge in [-0.2, -0.15) is 0 Å². The summed E-state index contributed by atoms with van der Waals surface area (Å²) in [5.74, 6) is -2.17. The minimum absolute atomic E-state index is 0.0104. The van der Waals surface area contributed by atoms with Crippen LogP contribution < -0.4 is 0 Å². The van der Waals surface area contributed by atoms with E-state index in [1.54, 1.807) is 64.1 Å². The third kappa shape index (κ3) is 9.23. The van der Waals surface area contributed by atoms with Crippen LogP contribution in [0.2, 0.25) is 0 Å². The van der Waals surface area contributed by atoms with Crippen molar-refractivity contribution in [3.05, 3.63) is 107 Å². The first-order valence-electron chi connectivity index (χ1n) is 12.3. The second-order valence-corrected chi connectivity index (χ2v) is 9.41. The summed E-state index contributed by atoms with van der Waals surface area (Å²) in [5.41, 5.74) is 4.98. The van der Waals surface area contributed by atoms with Gasteiger partial charge in [-0.1, -0.05) is 50.6 Å². The van der Waals surface area contributed by atoms with Crippen LogP contribution >= 0.6 is 0 Å². The van der Waals surface area contributed by atoms with E-state index in [0.29, 0.717) is 33.4 Å². The molecule has 0 aliphatic heterocycles. The fourth-order valence-corrected chi connectivity index (χ4v) is 3.32. The predicted octanol–water partition coefficient (Wildman–Crippen LogP) is 5.83. The van der Waals surface area contributed by atoms with Crippen LogP contribution in [0.1, 0.15) is 49.9 Å². The monoisotopic (exact) mass is 546 g/mol. The van der Waals surface area contributed by atoms with Gasteiger partial charge in [0, 0.05) is 22.3 Å². The van der Waals surface area contributed by atoms with Gasteiger partial charge < -0.3 is 18.9 Å². The average molecular weight is 547 g/mol. The van der Waals surface area contributed by atoms with E-state index in [4.69, 9.17) is 18.9 Å². The molecule has 0 aromatic heterocycles. The molecule has 2 aromatic rings. The maximum atomic E-state index is 12.2. The molecule has 8 heteroatoms. The topological polar surface area (TPSA) is 105 Å². The Morgan fingerprint density at radius 1 is 0.500 bits per heavy atom. The Bertz CT molecular complexity index is 1270. The van der Waals surface area contributed by atoms with Gasteiger partial charge >= 0.3 is 23.9 Å². The van der Waals surface area contributed by atoms with Gasteiger partial charge in [0.15, 0.2) is 0 Å². The second kappa shape index (κ2) is 14.4. The number of ether oxygens (including phenoxy) is 4. The van der Waals surface area contributed by atoms with E-state index in [1.165, 1.54) is 0 Å². The van der Waals surface area contributed by atoms with E-state index in [9.17, 15) is 19.2 Å². The minimum Gasteiger partial charge on any atom is -0.457 e. The summed E-state index contributed by atoms with van der Waals surface area (Å²) < 4.78 is 21.4. The molecular weight excluding hydrogens is 512 g/mol. The number of rotatable bonds is 13. The van der Waals surface area contributed by atoms with Crippen LogP contribution in [0.4, 0.5) is 0 Å². The number of benzene rings is 2. The van der Waals surface area contributed by atoms with Gasteiger partial charge in [-0.3, -0.25) is 0 Å². The molecule has 0 radical (unpaired) electrons. The zero-order valence-electron chi connectivity index (χ0n) is 23.4. The molecule has 0 bridgehead atoms. The van der Waals surface area contributed by atoms with Crippen LogP contribution in [0, 0.1) is 0 Å². The number of esters is 4. The van der Waals surface area contributed by atoms with Crippen LogP contribution in [0.3, 0.4) is 0 Å². The van der Waals surface area contributed by atoms with Gasteiger partial charge in [0.2, 0.25) is 0 Å². The molecule has 0 unspecified atom stereocenters. The fourth-order valence-electron chi connectivity index (χ4n) is 3.32. The number of carbonyl (C=O) groups excluding carboxylic acids is 4. The van der Waals surface area contributed by atoms with Crippen molar-refractivity contribution >= 4 is 23.9 Å². The third-order valence-electron chi connectivity index (χ3n) is 5.48. The molecule has 0 saturated heterocycles. The Balaban J connectivity index is 2.53. The average Bonchev–Trinajstić information content (AvgIpc) is 2.91. The molecular formula is C32H34O8. The molecule has 0 N–H and O–H groups in total. The Morgan fingerprint density at radius 3 is 1.05 bits per heavy atom. The molecule has 40 heavy (non-hydrogen) atoms. The van der Waals surface area contributed by atoms with E-state index < -0.39 is 23.9 Å². The maximum Gasteiger partial charge on any atom is 0.333 e. The number of hydrogen-bond acceptors (Lipinski definition) is 8. The molecule has 0 atom stereocenters. The highest BCUT2D eigenvalue weighted by Crippen LogP contribution is 2.31. The highest BCUT2D eigenvalue weighted by atomic mass is 16.5. The summed E-state index contributed by atoms with van der Waals surface area (Å²) >= 11 is 0. The Morgan fingerprint density at radius 2 is 0.775 bits per heavy atom. The SMILES string of the molecule is C=C(C)C(=O)OCc1ccc(-c2ccc(COC(=O)C(=C)C)cc2COC(=O)C(=C)C)c(COC(=O)C(=C)C)c1. The third-order valence-corrected chi connectivity index (χ3v) is 5.48. The summed E-state index contributed by atoms with van der Waals surface area (Å²) in [7, 11) is 0. The first-order chi connectivity index (χ1) is 18.8. The van der Waals surface area contributed by atoms with Crippen molar-refractivity contribution in [2.45, 2.75) is 54.1 Å². The van der Waals surface area contributed by atoms with Crippen molar-refractivity contribution < 1.29 is 38.1 Å². The lowest BCUT2D eigenvalue weighted by Crippen LogP contribution is -2.09. The highest BCUT2D eigenvalue weighted by Gasteiger charge is 2.17. The van der Waals surface area contributed by atoms with Crippen molar-refractivity contribution in [2.75, 3.05) is 0 Å². The lowest BCUT2D eigenvalue weighted by Gasteiger charge is -2.17. The normalized spacial score (nSPS) is 10.2. The Hall–Kier alpha value is -4.72. The van der Waals surface area contributed by atoms with E-state index in [0.717, 1.165) is 0 Å². The second-order valence-electron chi connectivity index (χ2n) is 9.41. The van der Waals surface area contributed by atoms with Crippen LogP contribution in [0.25, 0.3) is 11.1 Å². The zero-order chi connectivity index (χ0) is 30.0. The molecule has 8 nitrogen and oxygen atoms in total. The molecule has 2 rings (SSSR count). The summed E-state index contributed by atoms with van der Waals surface area (Å²) in [6.45, 7) is 20.4. The summed E-state index contributed by atoms with van der Waals surface area (Å²) in [4.78, 5) is 48.1. The summed E-state index contributed by atoms with van der Waals surface area (Å²) in [6.07, 6.45) is 0. The van der Waals surface area contributed by atoms with Crippen LogP contribution in [0.5, 0.6) is 0 Å². The predicted molar refractivity (Wildman–Crippen MR) is 150 cm³/mol. The van der Waals surface area contributed by atoms with Crippen LogP contribution in [-0.4, -0.2) is 23.9 Å². The summed E-state index contributed by atoms with van der Waals surface area (Å²) in [6, 6.07) is 10.7. The van der Waals surface area contributed by atoms with E-state index >= 15 is 0 Å². The first kappa shape index (κ1) is 31.5. The largest absolute Gasteiger partial charge is 0.457 e. The van der Waals surface area contributed by atoms with Crippen LogP contribution in [0.15, 0.2) is 85.0 Å². The highest BCUT2D eigenvalue weighted by molar-refractivity contribution is 5.88. The van der Waals surface area contributed by atoms with Gasteiger partial charge in [0.1, 0.15) is 26.4 Å². The molecule has 0 aliphatic carbocycles. The van der Waals surface area contributed by atoms with Gasteiger partial charge in [0.25, 0.3) is 0 Å². The molecule has 2 aromatic carbocycles. The lowest BCUT2D eigenvalue weighted by atomic mass is 9.93. The molecule has 0 saturated carbocycles. The van der Waals surface area contributed by atoms with Gasteiger partial charge in [0.05, 0.1) is 0 Å². The molecule has 210 valence electrons. The minimum atomic E-state index is -0.560. The maximum absolute atomic E-state index is 12.2. The number of carbonyl (C=O) groups is 4. The van der Waals surface area contributed by atoms with E-state index in [2.05, 4.69) is 26.3 Å². The Kier molecular flexibility index (Phi) is 11.4. The molecule has 0 heterocycles. The molecule has 0 spiro atoms. The smallest absolute Gasteiger partial charge is 0.333 e. The Labute approximate surface area is 234 Å². The van der Waals surface area contributed by atoms with E-state index in [1.807, 2.05) is 0 Å². The number of hydrogen-bond donors (Lipinski definition) is 0. The first-order valence-corrected chi connectivity index (χ1v) is 12.3. The van der Waals surface area contributed by atoms with Crippen molar-refractivity contribution in [2.24, 2.45) is 0 Å². The molecule has 0 amide bonds. The summed E-state index contributed by atoms with van der Waals surface area (Å²) in [5, 5.41) is 0. The quantitative estimate of drug-likeness (QED) is 0.176. The van der Waals surface area contributed by atoms with Gasteiger partial charge in [-0.25, -0.2) is 19.2 Å². The van der Waals surface area contributed by atoms with Crippen molar-refractivity contribution in [3.63, 3.8) is 0 Å². The van der Waals surface area contributed by atoms with Crippen molar-refractivity contribution in [1.29, 1.82) is 0 Å². The van der Waals surface area contributed by atoms with E-state index in [-0.39, 0.29) is 48.7 Å². The van der Waals surface area contributed by atoms with Gasteiger partial charge in [-0.15, -0.1) is 0 Å². The lowest BCUT2D eigenvalue weighted by molar-refractivity contribution is -0.141. The fraction of sp³-hybridized carbons (Fsp3) is 0.250.